The number of hydrogen-bond donors (Lipinski definition) is 1. The lowest BCUT2D eigenvalue weighted by atomic mass is 10.2. The highest BCUT2D eigenvalue weighted by Gasteiger charge is 2.23. The molecular weight excluding hydrogens is 444 g/mol. The number of ether oxygens (including phenoxy) is 3. The maximum Gasteiger partial charge on any atom is 0.227 e. The number of aliphatic hydroxyl groups excluding tert-OH is 1. The predicted octanol–water partition coefficient (Wildman–Crippen LogP) is 4.10. The van der Waals surface area contributed by atoms with Gasteiger partial charge in [0.1, 0.15) is 17.4 Å². The summed E-state index contributed by atoms with van der Waals surface area (Å²) in [7, 11) is 1.62. The van der Waals surface area contributed by atoms with Crippen molar-refractivity contribution in [1.82, 2.24) is 14.7 Å². The fraction of sp³-hybridized carbons (Fsp3) is 0.400. The van der Waals surface area contributed by atoms with E-state index in [1.54, 1.807) is 23.9 Å². The van der Waals surface area contributed by atoms with Crippen LogP contribution in [0.5, 0.6) is 11.6 Å². The van der Waals surface area contributed by atoms with Crippen molar-refractivity contribution in [3.63, 3.8) is 0 Å². The molecule has 2 aromatic carbocycles. The lowest BCUT2D eigenvalue weighted by Gasteiger charge is -2.25. The lowest BCUT2D eigenvalue weighted by Crippen LogP contribution is -2.36. The van der Waals surface area contributed by atoms with Crippen LogP contribution < -0.4 is 4.74 Å². The molecule has 0 radical (unpaired) electrons. The van der Waals surface area contributed by atoms with E-state index in [4.69, 9.17) is 14.2 Å². The summed E-state index contributed by atoms with van der Waals surface area (Å²) in [4.78, 5) is 2.03. The normalized spacial score (nSPS) is 12.3. The van der Waals surface area contributed by atoms with Crippen molar-refractivity contribution in [2.24, 2.45) is 0 Å². The largest absolute Gasteiger partial charge is 0.439 e. The van der Waals surface area contributed by atoms with E-state index in [0.717, 1.165) is 5.56 Å². The van der Waals surface area contributed by atoms with Gasteiger partial charge >= 0.3 is 0 Å². The molecule has 34 heavy (non-hydrogen) atoms. The molecule has 0 saturated carbocycles. The summed E-state index contributed by atoms with van der Waals surface area (Å²) in [6.07, 6.45) is -0.675. The van der Waals surface area contributed by atoms with E-state index in [1.165, 1.54) is 36.4 Å². The Morgan fingerprint density at radius 1 is 1.06 bits per heavy atom. The van der Waals surface area contributed by atoms with Crippen LogP contribution in [0.2, 0.25) is 0 Å². The summed E-state index contributed by atoms with van der Waals surface area (Å²) in [5.41, 5.74) is 2.11. The SMILES string of the molecule is CCOCC(O)CN(CCOC)Cc1c(C)nn(-c2ccc(F)cc2)c1Oc1ccc(F)cc1. The topological polar surface area (TPSA) is 69.0 Å². The van der Waals surface area contributed by atoms with Crippen LogP contribution in [0.25, 0.3) is 5.69 Å². The molecule has 0 spiro atoms. The Morgan fingerprint density at radius 3 is 2.32 bits per heavy atom. The Balaban J connectivity index is 1.96. The highest BCUT2D eigenvalue weighted by molar-refractivity contribution is 5.43. The highest BCUT2D eigenvalue weighted by atomic mass is 19.1. The molecule has 3 aromatic rings. The van der Waals surface area contributed by atoms with E-state index in [9.17, 15) is 13.9 Å². The van der Waals surface area contributed by atoms with Gasteiger partial charge in [-0.3, -0.25) is 4.90 Å². The van der Waals surface area contributed by atoms with Crippen LogP contribution in [0.4, 0.5) is 8.78 Å². The maximum absolute atomic E-state index is 13.5. The van der Waals surface area contributed by atoms with Crippen LogP contribution in [0, 0.1) is 18.6 Å². The second-order valence-electron chi connectivity index (χ2n) is 7.85. The molecule has 0 aliphatic carbocycles. The number of nitrogens with zero attached hydrogens (tertiary/aromatic N) is 3. The molecule has 184 valence electrons. The van der Waals surface area contributed by atoms with Crippen molar-refractivity contribution in [3.8, 4) is 17.3 Å². The van der Waals surface area contributed by atoms with Gasteiger partial charge in [-0.2, -0.15) is 5.10 Å². The van der Waals surface area contributed by atoms with Gasteiger partial charge in [-0.1, -0.05) is 0 Å². The molecule has 0 amide bonds. The zero-order valence-electron chi connectivity index (χ0n) is 19.7. The van der Waals surface area contributed by atoms with Crippen molar-refractivity contribution in [2.75, 3.05) is 40.0 Å². The lowest BCUT2D eigenvalue weighted by molar-refractivity contribution is 0.0147. The first-order chi connectivity index (χ1) is 16.4. The molecular formula is C25H31F2N3O4. The van der Waals surface area contributed by atoms with Gasteiger partial charge < -0.3 is 19.3 Å². The Bertz CT molecular complexity index is 1030. The van der Waals surface area contributed by atoms with Crippen molar-refractivity contribution in [2.45, 2.75) is 26.5 Å². The predicted molar refractivity (Wildman–Crippen MR) is 124 cm³/mol. The number of halogens is 2. The van der Waals surface area contributed by atoms with Crippen LogP contribution in [0.3, 0.4) is 0 Å². The average Bonchev–Trinajstić information content (AvgIpc) is 3.12. The first-order valence-corrected chi connectivity index (χ1v) is 11.2. The first kappa shape index (κ1) is 25.8. The molecule has 0 bridgehead atoms. The molecule has 1 unspecified atom stereocenters. The van der Waals surface area contributed by atoms with Gasteiger partial charge in [-0.05, 0) is 62.4 Å². The second-order valence-corrected chi connectivity index (χ2v) is 7.85. The summed E-state index contributed by atoms with van der Waals surface area (Å²) in [6, 6.07) is 11.6. The van der Waals surface area contributed by atoms with E-state index < -0.39 is 6.10 Å². The quantitative estimate of drug-likeness (QED) is 0.402. The Hall–Kier alpha value is -2.85. The van der Waals surface area contributed by atoms with Crippen LogP contribution in [-0.2, 0) is 16.0 Å². The van der Waals surface area contributed by atoms with Crippen LogP contribution in [-0.4, -0.2) is 65.9 Å². The number of aryl methyl sites for hydroxylation is 1. The molecule has 1 heterocycles. The number of rotatable bonds is 13. The molecule has 7 nitrogen and oxygen atoms in total. The third-order valence-electron chi connectivity index (χ3n) is 5.21. The summed E-state index contributed by atoms with van der Waals surface area (Å²) in [6.45, 7) is 6.30. The Morgan fingerprint density at radius 2 is 1.71 bits per heavy atom. The van der Waals surface area contributed by atoms with E-state index in [-0.39, 0.29) is 18.2 Å². The van der Waals surface area contributed by atoms with Crippen molar-refractivity contribution in [3.05, 3.63) is 71.4 Å². The molecule has 1 atom stereocenters. The first-order valence-electron chi connectivity index (χ1n) is 11.2. The molecule has 0 aliphatic heterocycles. The standard InChI is InChI=1S/C25H31F2N3O4/c1-4-33-17-22(31)15-29(13-14-32-3)16-24-18(2)28-30(21-9-5-19(26)6-10-21)25(24)34-23-11-7-20(27)8-12-23/h5-12,22,31H,4,13-17H2,1-3H3. The van der Waals surface area contributed by atoms with Crippen molar-refractivity contribution in [1.29, 1.82) is 0 Å². The van der Waals surface area contributed by atoms with Gasteiger partial charge in [-0.15, -0.1) is 0 Å². The molecule has 1 N–H and O–H groups in total. The molecule has 9 heteroatoms. The third-order valence-corrected chi connectivity index (χ3v) is 5.21. The average molecular weight is 476 g/mol. The van der Waals surface area contributed by atoms with Gasteiger partial charge in [0.05, 0.1) is 36.3 Å². The Kier molecular flexibility index (Phi) is 9.52. The minimum absolute atomic E-state index is 0.229. The van der Waals surface area contributed by atoms with Gasteiger partial charge in [0.25, 0.3) is 0 Å². The van der Waals surface area contributed by atoms with E-state index >= 15 is 0 Å². The summed E-state index contributed by atoms with van der Waals surface area (Å²) in [5, 5.41) is 15.0. The number of hydrogen-bond acceptors (Lipinski definition) is 6. The highest BCUT2D eigenvalue weighted by Crippen LogP contribution is 2.32. The summed E-state index contributed by atoms with van der Waals surface area (Å²) in [5.74, 6) is 0.135. The van der Waals surface area contributed by atoms with Crippen LogP contribution >= 0.6 is 0 Å². The minimum atomic E-state index is -0.675. The summed E-state index contributed by atoms with van der Waals surface area (Å²) < 4.78 is 45.3. The minimum Gasteiger partial charge on any atom is -0.439 e. The number of aliphatic hydroxyl groups is 1. The van der Waals surface area contributed by atoms with Gasteiger partial charge in [0, 0.05) is 33.4 Å². The van der Waals surface area contributed by atoms with Gasteiger partial charge in [-0.25, -0.2) is 13.5 Å². The van der Waals surface area contributed by atoms with E-state index in [1.807, 2.05) is 18.7 Å². The van der Waals surface area contributed by atoms with Gasteiger partial charge in [0.2, 0.25) is 5.88 Å². The molecule has 1 aromatic heterocycles. The molecule has 0 fully saturated rings. The maximum atomic E-state index is 13.5. The summed E-state index contributed by atoms with van der Waals surface area (Å²) >= 11 is 0. The fourth-order valence-electron chi connectivity index (χ4n) is 3.48. The van der Waals surface area contributed by atoms with Gasteiger partial charge in [0.15, 0.2) is 0 Å². The van der Waals surface area contributed by atoms with Crippen LogP contribution in [0.1, 0.15) is 18.2 Å². The number of benzene rings is 2. The monoisotopic (exact) mass is 475 g/mol. The molecule has 3 rings (SSSR count). The van der Waals surface area contributed by atoms with E-state index in [2.05, 4.69) is 5.10 Å². The number of aromatic nitrogens is 2. The fourth-order valence-corrected chi connectivity index (χ4v) is 3.48. The van der Waals surface area contributed by atoms with E-state index in [0.29, 0.717) is 55.9 Å². The van der Waals surface area contributed by atoms with Crippen molar-refractivity contribution >= 4 is 0 Å². The smallest absolute Gasteiger partial charge is 0.227 e. The van der Waals surface area contributed by atoms with Crippen molar-refractivity contribution < 1.29 is 28.1 Å². The second kappa shape index (κ2) is 12.6. The number of methoxy groups -OCH3 is 1. The Labute approximate surface area is 198 Å². The zero-order valence-corrected chi connectivity index (χ0v) is 19.7. The van der Waals surface area contributed by atoms with Crippen LogP contribution in [0.15, 0.2) is 48.5 Å². The molecule has 0 saturated heterocycles. The third kappa shape index (κ3) is 7.07. The zero-order chi connectivity index (χ0) is 24.5. The molecule has 0 aliphatic rings.